The molecule has 0 saturated heterocycles. The summed E-state index contributed by atoms with van der Waals surface area (Å²) in [6.07, 6.45) is 0.0984. The fraction of sp³-hybridized carbons (Fsp3) is 0.115. The van der Waals surface area contributed by atoms with Crippen LogP contribution in [0.2, 0.25) is 0 Å². The lowest BCUT2D eigenvalue weighted by Crippen LogP contribution is -2.24. The Morgan fingerprint density at radius 1 is 0.912 bits per heavy atom. The predicted molar refractivity (Wildman–Crippen MR) is 129 cm³/mol. The van der Waals surface area contributed by atoms with Crippen LogP contribution < -0.4 is 15.4 Å². The number of thiazole rings is 1. The van der Waals surface area contributed by atoms with Crippen molar-refractivity contribution in [1.82, 2.24) is 10.3 Å². The smallest absolute Gasteiger partial charge is 0.257 e. The number of hydrogen-bond acceptors (Lipinski definition) is 5. The lowest BCUT2D eigenvalue weighted by Gasteiger charge is -2.08. The van der Waals surface area contributed by atoms with E-state index in [0.717, 1.165) is 16.9 Å². The van der Waals surface area contributed by atoms with Crippen molar-refractivity contribution < 1.29 is 18.7 Å². The highest BCUT2D eigenvalue weighted by atomic mass is 32.1. The first-order valence-corrected chi connectivity index (χ1v) is 11.5. The minimum atomic E-state index is -0.411. The van der Waals surface area contributed by atoms with Crippen LogP contribution in [0.4, 0.5) is 9.52 Å². The number of nitrogens with one attached hydrogen (secondary N) is 2. The summed E-state index contributed by atoms with van der Waals surface area (Å²) in [4.78, 5) is 28.8. The maximum absolute atomic E-state index is 13.0. The average molecular weight is 476 g/mol. The summed E-state index contributed by atoms with van der Waals surface area (Å²) < 4.78 is 18.8. The number of benzene rings is 3. The molecule has 3 aromatic carbocycles. The first-order valence-electron chi connectivity index (χ1n) is 10.6. The molecule has 6 nitrogen and oxygen atoms in total. The van der Waals surface area contributed by atoms with E-state index in [-0.39, 0.29) is 18.2 Å². The largest absolute Gasteiger partial charge is 0.489 e. The van der Waals surface area contributed by atoms with Crippen LogP contribution in [0.15, 0.2) is 84.2 Å². The molecule has 0 aliphatic heterocycles. The van der Waals surface area contributed by atoms with E-state index < -0.39 is 5.82 Å². The van der Waals surface area contributed by atoms with E-state index in [0.29, 0.717) is 29.5 Å². The molecule has 8 heteroatoms. The molecule has 0 saturated carbocycles. The number of rotatable bonds is 9. The van der Waals surface area contributed by atoms with E-state index >= 15 is 0 Å². The predicted octanol–water partition coefficient (Wildman–Crippen LogP) is 4.97. The van der Waals surface area contributed by atoms with Gasteiger partial charge in [0.1, 0.15) is 18.2 Å². The number of anilines is 1. The SMILES string of the molecule is O=C(Cc1csc(NC(=O)c2ccc(F)cc2)n1)NCc1ccc(OCc2ccccc2)cc1. The van der Waals surface area contributed by atoms with Crippen LogP contribution in [0.25, 0.3) is 0 Å². The molecule has 1 heterocycles. The summed E-state index contributed by atoms with van der Waals surface area (Å²) in [5.74, 6) is -0.212. The highest BCUT2D eigenvalue weighted by molar-refractivity contribution is 7.14. The summed E-state index contributed by atoms with van der Waals surface area (Å²) in [5, 5.41) is 7.62. The van der Waals surface area contributed by atoms with Crippen molar-refractivity contribution in [1.29, 1.82) is 0 Å². The van der Waals surface area contributed by atoms with E-state index in [2.05, 4.69) is 15.6 Å². The molecule has 4 aromatic rings. The fourth-order valence-electron chi connectivity index (χ4n) is 3.09. The zero-order valence-electron chi connectivity index (χ0n) is 18.2. The number of carbonyl (C=O) groups excluding carboxylic acids is 2. The number of amides is 2. The van der Waals surface area contributed by atoms with Gasteiger partial charge in [-0.25, -0.2) is 9.37 Å². The van der Waals surface area contributed by atoms with Crippen molar-refractivity contribution in [3.63, 3.8) is 0 Å². The molecule has 4 rings (SSSR count). The van der Waals surface area contributed by atoms with Crippen molar-refractivity contribution in [2.45, 2.75) is 19.6 Å². The first-order chi connectivity index (χ1) is 16.5. The van der Waals surface area contributed by atoms with Gasteiger partial charge in [-0.1, -0.05) is 42.5 Å². The van der Waals surface area contributed by atoms with Gasteiger partial charge in [-0.3, -0.25) is 14.9 Å². The molecule has 0 unspecified atom stereocenters. The zero-order valence-corrected chi connectivity index (χ0v) is 19.0. The summed E-state index contributed by atoms with van der Waals surface area (Å²) in [7, 11) is 0. The van der Waals surface area contributed by atoms with Gasteiger partial charge in [0.15, 0.2) is 5.13 Å². The monoisotopic (exact) mass is 475 g/mol. The third kappa shape index (κ3) is 6.73. The minimum absolute atomic E-state index is 0.0984. The number of halogens is 1. The second kappa shape index (κ2) is 11.2. The Bertz CT molecular complexity index is 1240. The van der Waals surface area contributed by atoms with Crippen molar-refractivity contribution in [2.75, 3.05) is 5.32 Å². The van der Waals surface area contributed by atoms with Crippen LogP contribution in [0, 0.1) is 5.82 Å². The summed E-state index contributed by atoms with van der Waals surface area (Å²) >= 11 is 1.23. The van der Waals surface area contributed by atoms with Gasteiger partial charge in [0.2, 0.25) is 5.91 Å². The Morgan fingerprint density at radius 2 is 1.65 bits per heavy atom. The van der Waals surface area contributed by atoms with E-state index in [9.17, 15) is 14.0 Å². The number of carbonyl (C=O) groups is 2. The summed E-state index contributed by atoms with van der Waals surface area (Å²) in [6.45, 7) is 0.882. The molecular formula is C26H22FN3O3S. The molecule has 0 atom stereocenters. The maximum Gasteiger partial charge on any atom is 0.257 e. The van der Waals surface area contributed by atoms with E-state index in [1.165, 1.54) is 35.6 Å². The molecule has 172 valence electrons. The highest BCUT2D eigenvalue weighted by Gasteiger charge is 2.11. The first kappa shape index (κ1) is 23.1. The molecule has 0 radical (unpaired) electrons. The molecule has 34 heavy (non-hydrogen) atoms. The van der Waals surface area contributed by atoms with Gasteiger partial charge >= 0.3 is 0 Å². The van der Waals surface area contributed by atoms with Gasteiger partial charge in [-0.15, -0.1) is 11.3 Å². The van der Waals surface area contributed by atoms with E-state index in [1.54, 1.807) is 5.38 Å². The molecular weight excluding hydrogens is 453 g/mol. The normalized spacial score (nSPS) is 10.5. The Kier molecular flexibility index (Phi) is 7.62. The Morgan fingerprint density at radius 3 is 2.38 bits per heavy atom. The Hall–Kier alpha value is -4.04. The molecule has 0 aliphatic rings. The van der Waals surface area contributed by atoms with Crippen LogP contribution in [0.1, 0.15) is 27.2 Å². The van der Waals surface area contributed by atoms with Crippen LogP contribution in [-0.4, -0.2) is 16.8 Å². The standard InChI is InChI=1S/C26H22FN3O3S/c27-21-10-8-20(9-11-21)25(32)30-26-29-22(17-34-26)14-24(31)28-15-18-6-12-23(13-7-18)33-16-19-4-2-1-3-5-19/h1-13,17H,14-16H2,(H,28,31)(H,29,30,32). The molecule has 1 aromatic heterocycles. The fourth-order valence-corrected chi connectivity index (χ4v) is 3.79. The van der Waals surface area contributed by atoms with Crippen molar-refractivity contribution in [3.05, 3.63) is 112 Å². The van der Waals surface area contributed by atoms with Gasteiger partial charge in [0.25, 0.3) is 5.91 Å². The molecule has 0 bridgehead atoms. The quantitative estimate of drug-likeness (QED) is 0.358. The molecule has 0 aliphatic carbocycles. The Balaban J connectivity index is 1.21. The number of aromatic nitrogens is 1. The third-order valence-electron chi connectivity index (χ3n) is 4.88. The molecule has 0 spiro atoms. The van der Waals surface area contributed by atoms with Crippen LogP contribution >= 0.6 is 11.3 Å². The van der Waals surface area contributed by atoms with Crippen LogP contribution in [0.3, 0.4) is 0 Å². The Labute approximate surface area is 200 Å². The van der Waals surface area contributed by atoms with Crippen molar-refractivity contribution in [3.8, 4) is 5.75 Å². The topological polar surface area (TPSA) is 80.3 Å². The van der Waals surface area contributed by atoms with E-state index in [4.69, 9.17) is 4.74 Å². The van der Waals surface area contributed by atoms with Gasteiger partial charge < -0.3 is 10.1 Å². The van der Waals surface area contributed by atoms with Crippen LogP contribution in [0.5, 0.6) is 5.75 Å². The van der Waals surface area contributed by atoms with Gasteiger partial charge in [-0.2, -0.15) is 0 Å². The minimum Gasteiger partial charge on any atom is -0.489 e. The molecule has 0 fully saturated rings. The lowest BCUT2D eigenvalue weighted by atomic mass is 10.2. The molecule has 2 N–H and O–H groups in total. The van der Waals surface area contributed by atoms with Crippen molar-refractivity contribution in [2.24, 2.45) is 0 Å². The number of nitrogens with zero attached hydrogens (tertiary/aromatic N) is 1. The third-order valence-corrected chi connectivity index (χ3v) is 5.69. The van der Waals surface area contributed by atoms with Gasteiger partial charge in [0, 0.05) is 17.5 Å². The number of ether oxygens (including phenoxy) is 1. The average Bonchev–Trinajstić information content (AvgIpc) is 3.29. The summed E-state index contributed by atoms with van der Waals surface area (Å²) in [6, 6.07) is 22.7. The molecule has 2 amide bonds. The summed E-state index contributed by atoms with van der Waals surface area (Å²) in [5.41, 5.74) is 2.93. The van der Waals surface area contributed by atoms with Gasteiger partial charge in [0.05, 0.1) is 12.1 Å². The maximum atomic E-state index is 13.0. The zero-order chi connectivity index (χ0) is 23.8. The van der Waals surface area contributed by atoms with Gasteiger partial charge in [-0.05, 0) is 47.5 Å². The highest BCUT2D eigenvalue weighted by Crippen LogP contribution is 2.18. The lowest BCUT2D eigenvalue weighted by molar-refractivity contribution is -0.120. The van der Waals surface area contributed by atoms with E-state index in [1.807, 2.05) is 54.6 Å². The van der Waals surface area contributed by atoms with Crippen LogP contribution in [-0.2, 0) is 24.4 Å². The number of hydrogen-bond donors (Lipinski definition) is 2. The van der Waals surface area contributed by atoms with Crippen molar-refractivity contribution >= 4 is 28.3 Å². The second-order valence-electron chi connectivity index (χ2n) is 7.48. The second-order valence-corrected chi connectivity index (χ2v) is 8.33.